The quantitative estimate of drug-likeness (QED) is 0.789. The predicted molar refractivity (Wildman–Crippen MR) is 68.9 cm³/mol. The minimum absolute atomic E-state index is 0.0207. The molecular weight excluding hydrogens is 228 g/mol. The van der Waals surface area contributed by atoms with Gasteiger partial charge in [-0.25, -0.2) is 0 Å². The molecule has 0 bridgehead atoms. The molecule has 2 aliphatic carbocycles. The molecule has 4 heteroatoms. The SMILES string of the molecule is CC1(CNC(=O)C2(N)C3CCOC3C2(C)C)CC1. The average Bonchev–Trinajstić information content (AvgIpc) is 2.89. The van der Waals surface area contributed by atoms with E-state index in [1.54, 1.807) is 0 Å². The second kappa shape index (κ2) is 3.48. The van der Waals surface area contributed by atoms with Crippen molar-refractivity contribution in [1.82, 2.24) is 5.32 Å². The Morgan fingerprint density at radius 2 is 2.06 bits per heavy atom. The van der Waals surface area contributed by atoms with E-state index in [2.05, 4.69) is 26.1 Å². The second-order valence-corrected chi connectivity index (χ2v) is 7.27. The summed E-state index contributed by atoms with van der Waals surface area (Å²) >= 11 is 0. The van der Waals surface area contributed by atoms with Gasteiger partial charge in [-0.15, -0.1) is 0 Å². The molecule has 3 unspecified atom stereocenters. The molecule has 1 aliphatic heterocycles. The molecule has 2 saturated carbocycles. The van der Waals surface area contributed by atoms with E-state index in [1.807, 2.05) is 0 Å². The molecule has 4 nitrogen and oxygen atoms in total. The van der Waals surface area contributed by atoms with Gasteiger partial charge in [-0.3, -0.25) is 4.79 Å². The van der Waals surface area contributed by atoms with E-state index < -0.39 is 5.54 Å². The number of hydrogen-bond acceptors (Lipinski definition) is 3. The van der Waals surface area contributed by atoms with Crippen molar-refractivity contribution in [2.45, 2.75) is 51.7 Å². The smallest absolute Gasteiger partial charge is 0.241 e. The number of carbonyl (C=O) groups excluding carboxylic acids is 1. The summed E-state index contributed by atoms with van der Waals surface area (Å²) in [6.07, 6.45) is 3.49. The molecule has 3 fully saturated rings. The minimum Gasteiger partial charge on any atom is -0.377 e. The summed E-state index contributed by atoms with van der Waals surface area (Å²) < 4.78 is 5.71. The number of nitrogens with one attached hydrogen (secondary N) is 1. The zero-order valence-electron chi connectivity index (χ0n) is 11.6. The van der Waals surface area contributed by atoms with Gasteiger partial charge in [0.25, 0.3) is 0 Å². The standard InChI is InChI=1S/C14H24N2O2/c1-12(2)10-9(4-7-18-10)14(12,15)11(17)16-8-13(3)5-6-13/h9-10H,4-8,15H2,1-3H3,(H,16,17). The van der Waals surface area contributed by atoms with Gasteiger partial charge in [0.05, 0.1) is 6.10 Å². The summed E-state index contributed by atoms with van der Waals surface area (Å²) in [4.78, 5) is 12.5. The Bertz CT molecular complexity index is 389. The zero-order chi connectivity index (χ0) is 13.2. The minimum atomic E-state index is -0.751. The second-order valence-electron chi connectivity index (χ2n) is 7.27. The van der Waals surface area contributed by atoms with Crippen LogP contribution in [0.15, 0.2) is 0 Å². The Labute approximate surface area is 109 Å². The molecule has 18 heavy (non-hydrogen) atoms. The van der Waals surface area contributed by atoms with Crippen LogP contribution in [0.3, 0.4) is 0 Å². The molecule has 1 heterocycles. The third kappa shape index (κ3) is 1.42. The molecule has 0 aromatic rings. The van der Waals surface area contributed by atoms with E-state index in [9.17, 15) is 4.79 Å². The first kappa shape index (κ1) is 12.4. The zero-order valence-corrected chi connectivity index (χ0v) is 11.6. The fourth-order valence-corrected chi connectivity index (χ4v) is 3.68. The maximum absolute atomic E-state index is 12.5. The van der Waals surface area contributed by atoms with Gasteiger partial charge in [-0.1, -0.05) is 20.8 Å². The summed E-state index contributed by atoms with van der Waals surface area (Å²) in [6.45, 7) is 7.82. The highest BCUT2D eigenvalue weighted by Gasteiger charge is 2.71. The highest BCUT2D eigenvalue weighted by Crippen LogP contribution is 2.58. The van der Waals surface area contributed by atoms with Crippen LogP contribution >= 0.6 is 0 Å². The third-order valence-electron chi connectivity index (χ3n) is 5.61. The van der Waals surface area contributed by atoms with Crippen molar-refractivity contribution in [1.29, 1.82) is 0 Å². The highest BCUT2D eigenvalue weighted by molar-refractivity contribution is 5.89. The van der Waals surface area contributed by atoms with E-state index in [1.165, 1.54) is 12.8 Å². The number of hydrogen-bond donors (Lipinski definition) is 2. The van der Waals surface area contributed by atoms with Crippen LogP contribution in [-0.4, -0.2) is 30.7 Å². The van der Waals surface area contributed by atoms with Gasteiger partial charge in [-0.2, -0.15) is 0 Å². The summed E-state index contributed by atoms with van der Waals surface area (Å²) in [6, 6.07) is 0. The van der Waals surface area contributed by atoms with Crippen LogP contribution in [0.25, 0.3) is 0 Å². The van der Waals surface area contributed by atoms with Crippen LogP contribution in [0.1, 0.15) is 40.0 Å². The van der Waals surface area contributed by atoms with Gasteiger partial charge in [0, 0.05) is 24.5 Å². The Hall–Kier alpha value is -0.610. The number of rotatable bonds is 3. The van der Waals surface area contributed by atoms with E-state index >= 15 is 0 Å². The monoisotopic (exact) mass is 252 g/mol. The van der Waals surface area contributed by atoms with Gasteiger partial charge in [0.2, 0.25) is 5.91 Å². The van der Waals surface area contributed by atoms with Crippen LogP contribution in [-0.2, 0) is 9.53 Å². The van der Waals surface area contributed by atoms with Crippen LogP contribution in [0.4, 0.5) is 0 Å². The van der Waals surface area contributed by atoms with Crippen molar-refractivity contribution in [2.24, 2.45) is 22.5 Å². The maximum atomic E-state index is 12.5. The normalized spacial score (nSPS) is 42.9. The fourth-order valence-electron chi connectivity index (χ4n) is 3.68. The Morgan fingerprint density at radius 1 is 1.39 bits per heavy atom. The van der Waals surface area contributed by atoms with E-state index in [0.29, 0.717) is 5.41 Å². The first-order valence-electron chi connectivity index (χ1n) is 7.00. The lowest BCUT2D eigenvalue weighted by Crippen LogP contribution is -2.80. The molecule has 1 saturated heterocycles. The van der Waals surface area contributed by atoms with Gasteiger partial charge in [0.15, 0.2) is 0 Å². The van der Waals surface area contributed by atoms with E-state index in [-0.39, 0.29) is 23.3 Å². The number of fused-ring (bicyclic) bond motifs is 1. The van der Waals surface area contributed by atoms with Crippen LogP contribution in [0.5, 0.6) is 0 Å². The lowest BCUT2D eigenvalue weighted by atomic mass is 9.48. The van der Waals surface area contributed by atoms with Gasteiger partial charge < -0.3 is 15.8 Å². The molecular formula is C14H24N2O2. The predicted octanol–water partition coefficient (Wildman–Crippen LogP) is 1.05. The van der Waals surface area contributed by atoms with Crippen molar-refractivity contribution in [3.63, 3.8) is 0 Å². The molecule has 3 atom stereocenters. The maximum Gasteiger partial charge on any atom is 0.241 e. The largest absolute Gasteiger partial charge is 0.377 e. The van der Waals surface area contributed by atoms with Crippen LogP contribution < -0.4 is 11.1 Å². The number of ether oxygens (including phenoxy) is 1. The number of amides is 1. The first-order chi connectivity index (χ1) is 8.31. The van der Waals surface area contributed by atoms with Crippen molar-refractivity contribution < 1.29 is 9.53 Å². The molecule has 3 rings (SSSR count). The van der Waals surface area contributed by atoms with Crippen molar-refractivity contribution >= 4 is 5.91 Å². The van der Waals surface area contributed by atoms with Gasteiger partial charge in [-0.05, 0) is 24.7 Å². The van der Waals surface area contributed by atoms with Gasteiger partial charge >= 0.3 is 0 Å². The Kier molecular flexibility index (Phi) is 2.40. The molecule has 0 radical (unpaired) electrons. The van der Waals surface area contributed by atoms with Crippen molar-refractivity contribution in [3.8, 4) is 0 Å². The molecule has 1 amide bonds. The summed E-state index contributed by atoms with van der Waals surface area (Å²) in [5.74, 6) is 0.215. The van der Waals surface area contributed by atoms with Crippen molar-refractivity contribution in [2.75, 3.05) is 13.2 Å². The topological polar surface area (TPSA) is 64.4 Å². The molecule has 102 valence electrons. The Balaban J connectivity index is 1.71. The summed E-state index contributed by atoms with van der Waals surface area (Å²) in [5.41, 5.74) is 5.78. The first-order valence-corrected chi connectivity index (χ1v) is 7.00. The molecule has 3 N–H and O–H groups in total. The molecule has 3 aliphatic rings. The van der Waals surface area contributed by atoms with Crippen molar-refractivity contribution in [3.05, 3.63) is 0 Å². The summed E-state index contributed by atoms with van der Waals surface area (Å²) in [7, 11) is 0. The Morgan fingerprint density at radius 3 is 2.67 bits per heavy atom. The molecule has 0 aromatic heterocycles. The lowest BCUT2D eigenvalue weighted by Gasteiger charge is -2.60. The summed E-state index contributed by atoms with van der Waals surface area (Å²) in [5, 5.41) is 3.08. The van der Waals surface area contributed by atoms with Crippen LogP contribution in [0, 0.1) is 16.7 Å². The molecule has 0 spiro atoms. The lowest BCUT2D eigenvalue weighted by molar-refractivity contribution is -0.175. The van der Waals surface area contributed by atoms with Crippen LogP contribution in [0.2, 0.25) is 0 Å². The van der Waals surface area contributed by atoms with E-state index in [0.717, 1.165) is 19.6 Å². The highest BCUT2D eigenvalue weighted by atomic mass is 16.5. The number of nitrogens with two attached hydrogens (primary N) is 1. The van der Waals surface area contributed by atoms with Gasteiger partial charge in [0.1, 0.15) is 5.54 Å². The number of carbonyl (C=O) groups is 1. The molecule has 0 aromatic carbocycles. The third-order valence-corrected chi connectivity index (χ3v) is 5.61. The fraction of sp³-hybridized carbons (Fsp3) is 0.929. The average molecular weight is 252 g/mol. The van der Waals surface area contributed by atoms with E-state index in [4.69, 9.17) is 10.5 Å².